The molecule has 5 amide bonds. The predicted molar refractivity (Wildman–Crippen MR) is 133 cm³/mol. The van der Waals surface area contributed by atoms with E-state index in [9.17, 15) is 24.0 Å². The number of likely N-dealkylation sites (tertiary alicyclic amines) is 1. The molecule has 0 radical (unpaired) electrons. The highest BCUT2D eigenvalue weighted by molar-refractivity contribution is 6.14. The van der Waals surface area contributed by atoms with Crippen molar-refractivity contribution in [2.24, 2.45) is 11.7 Å². The summed E-state index contributed by atoms with van der Waals surface area (Å²) in [5.74, 6) is -2.35. The highest BCUT2D eigenvalue weighted by Gasteiger charge is 2.43. The minimum Gasteiger partial charge on any atom is -0.446 e. The molecule has 4 heterocycles. The van der Waals surface area contributed by atoms with E-state index in [-0.39, 0.29) is 36.6 Å². The van der Waals surface area contributed by atoms with E-state index in [4.69, 9.17) is 10.5 Å². The second-order valence-electron chi connectivity index (χ2n) is 10.5. The van der Waals surface area contributed by atoms with Gasteiger partial charge in [-0.25, -0.2) is 9.18 Å². The highest BCUT2D eigenvalue weighted by Crippen LogP contribution is 2.36. The third-order valence-electron chi connectivity index (χ3n) is 8.07. The molecule has 0 saturated carbocycles. The van der Waals surface area contributed by atoms with Crippen molar-refractivity contribution in [2.75, 3.05) is 37.6 Å². The number of anilines is 1. The summed E-state index contributed by atoms with van der Waals surface area (Å²) in [5, 5.41) is 2.19. The molecule has 0 aliphatic carbocycles. The molecule has 38 heavy (non-hydrogen) atoms. The Bertz CT molecular complexity index is 1160. The summed E-state index contributed by atoms with van der Waals surface area (Å²) in [6.45, 7) is 3.75. The molecule has 3 N–H and O–H groups in total. The van der Waals surface area contributed by atoms with Crippen molar-refractivity contribution in [3.63, 3.8) is 0 Å². The van der Waals surface area contributed by atoms with Gasteiger partial charge in [0.25, 0.3) is 5.91 Å². The van der Waals surface area contributed by atoms with Crippen molar-refractivity contribution < 1.29 is 33.1 Å². The molecule has 3 fully saturated rings. The summed E-state index contributed by atoms with van der Waals surface area (Å²) in [6.07, 6.45) is 2.25. The van der Waals surface area contributed by atoms with E-state index in [2.05, 4.69) is 10.2 Å². The zero-order valence-corrected chi connectivity index (χ0v) is 21.1. The Labute approximate surface area is 219 Å². The summed E-state index contributed by atoms with van der Waals surface area (Å²) in [7, 11) is 0. The van der Waals surface area contributed by atoms with Gasteiger partial charge >= 0.3 is 6.09 Å². The molecule has 11 nitrogen and oxygen atoms in total. The van der Waals surface area contributed by atoms with Crippen LogP contribution in [0.15, 0.2) is 12.1 Å². The zero-order chi connectivity index (χ0) is 27.0. The van der Waals surface area contributed by atoms with Crippen LogP contribution in [-0.4, -0.2) is 84.4 Å². The van der Waals surface area contributed by atoms with Gasteiger partial charge in [0, 0.05) is 50.3 Å². The van der Waals surface area contributed by atoms with Crippen LogP contribution in [0, 0.1) is 11.7 Å². The standard InChI is InChI=1S/C26H32FN5O6/c27-19-2-1-17-18(13-22(34)32(25(17)36)20-3-4-21(33)29-24(20)35)23(19)31-11-5-15(6-12-31)14-30-9-7-16(8-10-30)38-26(28)37/h1-2,15-16,20H,3-14H2,(H2,28,37)(H,29,33,35)/t20-/m0/s1. The largest absolute Gasteiger partial charge is 0.446 e. The number of hydrogen-bond donors (Lipinski definition) is 2. The topological polar surface area (TPSA) is 142 Å². The van der Waals surface area contributed by atoms with Crippen LogP contribution in [-0.2, 0) is 25.5 Å². The number of nitrogens with zero attached hydrogens (tertiary/aromatic N) is 3. The smallest absolute Gasteiger partial charge is 0.404 e. The zero-order valence-electron chi connectivity index (χ0n) is 21.1. The highest BCUT2D eigenvalue weighted by atomic mass is 19.1. The number of fused-ring (bicyclic) bond motifs is 1. The number of carbonyl (C=O) groups is 5. The van der Waals surface area contributed by atoms with Gasteiger partial charge in [-0.2, -0.15) is 0 Å². The second kappa shape index (κ2) is 10.7. The van der Waals surface area contributed by atoms with Crippen LogP contribution in [0.3, 0.4) is 0 Å². The summed E-state index contributed by atoms with van der Waals surface area (Å²) < 4.78 is 20.2. The van der Waals surface area contributed by atoms with Gasteiger partial charge in [0.15, 0.2) is 0 Å². The molecule has 0 unspecified atom stereocenters. The average Bonchev–Trinajstić information content (AvgIpc) is 2.87. The van der Waals surface area contributed by atoms with E-state index < -0.39 is 41.6 Å². The fourth-order valence-corrected chi connectivity index (χ4v) is 6.13. The summed E-state index contributed by atoms with van der Waals surface area (Å²) in [5.41, 5.74) is 5.98. The predicted octanol–water partition coefficient (Wildman–Crippen LogP) is 0.932. The van der Waals surface area contributed by atoms with Crippen LogP contribution >= 0.6 is 0 Å². The minimum atomic E-state index is -1.04. The monoisotopic (exact) mass is 529 g/mol. The molecule has 3 saturated heterocycles. The maximum Gasteiger partial charge on any atom is 0.404 e. The lowest BCUT2D eigenvalue weighted by Crippen LogP contribution is -2.58. The minimum absolute atomic E-state index is 0.0447. The Morgan fingerprint density at radius 3 is 2.39 bits per heavy atom. The van der Waals surface area contributed by atoms with Crippen LogP contribution in [0.2, 0.25) is 0 Å². The average molecular weight is 530 g/mol. The Kier molecular flexibility index (Phi) is 7.33. The molecular formula is C26H32FN5O6. The summed E-state index contributed by atoms with van der Waals surface area (Å²) >= 11 is 0. The van der Waals surface area contributed by atoms with Gasteiger partial charge in [0.2, 0.25) is 17.7 Å². The van der Waals surface area contributed by atoms with Crippen LogP contribution in [0.1, 0.15) is 54.4 Å². The summed E-state index contributed by atoms with van der Waals surface area (Å²) in [4.78, 5) is 66.4. The van der Waals surface area contributed by atoms with Gasteiger partial charge in [-0.3, -0.25) is 29.4 Å². The molecule has 1 atom stereocenters. The first kappa shape index (κ1) is 26.1. The molecule has 1 aromatic rings. The van der Waals surface area contributed by atoms with Crippen molar-refractivity contribution in [1.29, 1.82) is 0 Å². The Hall–Kier alpha value is -3.54. The first-order chi connectivity index (χ1) is 18.2. The van der Waals surface area contributed by atoms with E-state index in [0.717, 1.165) is 50.2 Å². The Balaban J connectivity index is 1.24. The molecule has 4 aliphatic rings. The molecule has 0 aromatic heterocycles. The number of piperidine rings is 3. The fraction of sp³-hybridized carbons (Fsp3) is 0.577. The van der Waals surface area contributed by atoms with Crippen LogP contribution in [0.4, 0.5) is 14.9 Å². The molecule has 204 valence electrons. The van der Waals surface area contributed by atoms with Gasteiger partial charge in [-0.05, 0) is 50.2 Å². The number of primary amides is 1. The number of imide groups is 2. The van der Waals surface area contributed by atoms with Crippen molar-refractivity contribution in [3.8, 4) is 0 Å². The van der Waals surface area contributed by atoms with Gasteiger partial charge in [0.05, 0.1) is 12.1 Å². The van der Waals surface area contributed by atoms with Crippen molar-refractivity contribution in [2.45, 2.75) is 57.1 Å². The first-order valence-electron chi connectivity index (χ1n) is 13.2. The second-order valence-corrected chi connectivity index (χ2v) is 10.5. The number of benzene rings is 1. The SMILES string of the molecule is NC(=O)OC1CCN(CC2CCN(c3c(F)ccc4c3CC(=O)N([C@H]3CCC(=O)NC3=O)C4=O)CC2)CC1. The third-order valence-corrected chi connectivity index (χ3v) is 8.07. The molecule has 1 aromatic carbocycles. The molecule has 12 heteroatoms. The maximum atomic E-state index is 15.1. The number of amides is 5. The maximum absolute atomic E-state index is 15.1. The van der Waals surface area contributed by atoms with E-state index in [1.54, 1.807) is 0 Å². The van der Waals surface area contributed by atoms with Gasteiger partial charge in [-0.1, -0.05) is 0 Å². The molecular weight excluding hydrogens is 497 g/mol. The van der Waals surface area contributed by atoms with E-state index in [0.29, 0.717) is 24.6 Å². The third kappa shape index (κ3) is 5.22. The number of halogens is 1. The number of nitrogens with one attached hydrogen (secondary N) is 1. The number of rotatable bonds is 5. The number of hydrogen-bond acceptors (Lipinski definition) is 8. The number of carbonyl (C=O) groups excluding carboxylic acids is 5. The lowest BCUT2D eigenvalue weighted by Gasteiger charge is -2.40. The van der Waals surface area contributed by atoms with E-state index in [1.807, 2.05) is 4.90 Å². The first-order valence-corrected chi connectivity index (χ1v) is 13.2. The Morgan fingerprint density at radius 1 is 1.03 bits per heavy atom. The van der Waals surface area contributed by atoms with Crippen molar-refractivity contribution >= 4 is 35.4 Å². The van der Waals surface area contributed by atoms with Crippen LogP contribution in [0.25, 0.3) is 0 Å². The van der Waals surface area contributed by atoms with Crippen molar-refractivity contribution in [3.05, 3.63) is 29.1 Å². The lowest BCUT2D eigenvalue weighted by molar-refractivity contribution is -0.143. The van der Waals surface area contributed by atoms with Crippen LogP contribution < -0.4 is 16.0 Å². The quantitative estimate of drug-likeness (QED) is 0.537. The molecule has 0 spiro atoms. The van der Waals surface area contributed by atoms with Gasteiger partial charge in [-0.15, -0.1) is 0 Å². The number of ether oxygens (including phenoxy) is 1. The number of nitrogens with two attached hydrogens (primary N) is 1. The normalized spacial score (nSPS) is 23.9. The fourth-order valence-electron chi connectivity index (χ4n) is 6.13. The molecule has 0 bridgehead atoms. The van der Waals surface area contributed by atoms with Crippen molar-refractivity contribution in [1.82, 2.24) is 15.1 Å². The molecule has 5 rings (SSSR count). The van der Waals surface area contributed by atoms with Crippen LogP contribution in [0.5, 0.6) is 0 Å². The summed E-state index contributed by atoms with van der Waals surface area (Å²) in [6, 6.07) is 1.58. The van der Waals surface area contributed by atoms with Gasteiger partial charge in [0.1, 0.15) is 18.0 Å². The van der Waals surface area contributed by atoms with E-state index in [1.165, 1.54) is 12.1 Å². The van der Waals surface area contributed by atoms with E-state index >= 15 is 4.39 Å². The van der Waals surface area contributed by atoms with Gasteiger partial charge < -0.3 is 20.3 Å². The Morgan fingerprint density at radius 2 is 1.74 bits per heavy atom. The molecule has 4 aliphatic heterocycles. The lowest BCUT2D eigenvalue weighted by atomic mass is 9.90.